The van der Waals surface area contributed by atoms with Gasteiger partial charge in [-0.25, -0.2) is 0 Å². The van der Waals surface area contributed by atoms with Crippen LogP contribution in [0.4, 0.5) is 5.69 Å². The number of para-hydroxylation sites is 2. The quantitative estimate of drug-likeness (QED) is 0.767. The van der Waals surface area contributed by atoms with E-state index in [1.807, 2.05) is 24.3 Å². The Balaban J connectivity index is 1.80. The van der Waals surface area contributed by atoms with Crippen molar-refractivity contribution in [1.82, 2.24) is 15.0 Å². The van der Waals surface area contributed by atoms with Crippen molar-refractivity contribution in [2.75, 3.05) is 31.3 Å². The number of thioether (sulfide) groups is 1. The van der Waals surface area contributed by atoms with Gasteiger partial charge >= 0.3 is 0 Å². The van der Waals surface area contributed by atoms with E-state index < -0.39 is 6.10 Å². The van der Waals surface area contributed by atoms with Crippen molar-refractivity contribution in [3.05, 3.63) is 36.0 Å². The summed E-state index contributed by atoms with van der Waals surface area (Å²) in [6.45, 7) is 5.05. The largest absolute Gasteiger partial charge is 0.477 e. The number of fused-ring (bicyclic) bond motifs is 1. The minimum Gasteiger partial charge on any atom is -0.477 e. The molecular formula is C18H24N4O3S. The molecule has 7 nitrogen and oxygen atoms in total. The van der Waals surface area contributed by atoms with E-state index in [0.717, 1.165) is 11.4 Å². The lowest BCUT2D eigenvalue weighted by Gasteiger charge is -2.35. The van der Waals surface area contributed by atoms with Crippen LogP contribution in [0.2, 0.25) is 0 Å². The fourth-order valence-electron chi connectivity index (χ4n) is 2.86. The van der Waals surface area contributed by atoms with Gasteiger partial charge in [0.05, 0.1) is 24.0 Å². The Morgan fingerprint density at radius 1 is 1.42 bits per heavy atom. The summed E-state index contributed by atoms with van der Waals surface area (Å²) in [6.07, 6.45) is -0.558. The predicted molar refractivity (Wildman–Crippen MR) is 101 cm³/mol. The van der Waals surface area contributed by atoms with E-state index in [-0.39, 0.29) is 11.2 Å². The lowest BCUT2D eigenvalue weighted by Crippen LogP contribution is -2.48. The third-order valence-electron chi connectivity index (χ3n) is 4.17. The number of carbonyl (C=O) groups is 1. The highest BCUT2D eigenvalue weighted by Crippen LogP contribution is 2.34. The van der Waals surface area contributed by atoms with Crippen LogP contribution in [0.3, 0.4) is 0 Å². The number of ether oxygens (including phenoxy) is 1. The van der Waals surface area contributed by atoms with Gasteiger partial charge in [-0.1, -0.05) is 24.2 Å². The number of hydrogen-bond donors (Lipinski definition) is 0. The molecule has 0 saturated heterocycles. The molecule has 1 aliphatic heterocycles. The van der Waals surface area contributed by atoms with Gasteiger partial charge in [0, 0.05) is 14.1 Å². The van der Waals surface area contributed by atoms with E-state index in [4.69, 9.17) is 9.26 Å². The van der Waals surface area contributed by atoms with Crippen LogP contribution in [0.1, 0.15) is 30.8 Å². The number of anilines is 1. The van der Waals surface area contributed by atoms with Crippen LogP contribution in [0.15, 0.2) is 28.8 Å². The second kappa shape index (κ2) is 7.99. The maximum Gasteiger partial charge on any atom is 0.265 e. The van der Waals surface area contributed by atoms with Crippen LogP contribution in [-0.4, -0.2) is 53.4 Å². The molecule has 2 heterocycles. The number of hydrogen-bond acceptors (Lipinski definition) is 7. The molecule has 0 aliphatic carbocycles. The van der Waals surface area contributed by atoms with Gasteiger partial charge in [0.15, 0.2) is 11.9 Å². The topological polar surface area (TPSA) is 71.7 Å². The lowest BCUT2D eigenvalue weighted by atomic mass is 10.1. The van der Waals surface area contributed by atoms with Gasteiger partial charge in [-0.3, -0.25) is 4.79 Å². The van der Waals surface area contributed by atoms with Gasteiger partial charge in [-0.2, -0.15) is 16.7 Å². The highest BCUT2D eigenvalue weighted by Gasteiger charge is 2.32. The fraction of sp³-hybridized carbons (Fsp3) is 0.500. The smallest absolute Gasteiger partial charge is 0.265 e. The Morgan fingerprint density at radius 2 is 2.19 bits per heavy atom. The van der Waals surface area contributed by atoms with E-state index in [0.29, 0.717) is 30.6 Å². The molecule has 1 aliphatic rings. The number of aromatic nitrogens is 2. The number of rotatable bonds is 6. The lowest BCUT2D eigenvalue weighted by molar-refractivity contribution is -0.136. The highest BCUT2D eigenvalue weighted by atomic mass is 32.2. The van der Waals surface area contributed by atoms with Crippen LogP contribution in [0.25, 0.3) is 0 Å². The molecule has 1 aromatic carbocycles. The van der Waals surface area contributed by atoms with Crippen molar-refractivity contribution in [3.8, 4) is 5.75 Å². The number of amides is 1. The zero-order valence-electron chi connectivity index (χ0n) is 15.5. The van der Waals surface area contributed by atoms with Gasteiger partial charge in [0.2, 0.25) is 5.89 Å². The third kappa shape index (κ3) is 3.95. The Hall–Kier alpha value is -2.22. The van der Waals surface area contributed by atoms with Gasteiger partial charge < -0.3 is 19.1 Å². The maximum absolute atomic E-state index is 12.4. The molecule has 0 spiro atoms. The standard InChI is InChI=1S/C18H24N4O3S/c1-5-26-12(2)17-19-16(25-20-17)11-22-10-15(18(23)21(3)4)24-14-9-7-6-8-13(14)22/h6-9,12,15H,5,10-11H2,1-4H3/t12-,15-/m1/s1. The van der Waals surface area contributed by atoms with Gasteiger partial charge in [0.25, 0.3) is 5.91 Å². The molecule has 8 heteroatoms. The average Bonchev–Trinajstić information content (AvgIpc) is 3.09. The van der Waals surface area contributed by atoms with Crippen molar-refractivity contribution in [2.45, 2.75) is 31.7 Å². The van der Waals surface area contributed by atoms with Crippen molar-refractivity contribution in [3.63, 3.8) is 0 Å². The average molecular weight is 376 g/mol. The van der Waals surface area contributed by atoms with Crippen LogP contribution in [0.5, 0.6) is 5.75 Å². The van der Waals surface area contributed by atoms with E-state index in [9.17, 15) is 4.79 Å². The molecule has 26 heavy (non-hydrogen) atoms. The normalized spacial score (nSPS) is 17.4. The first-order valence-electron chi connectivity index (χ1n) is 8.65. The zero-order valence-corrected chi connectivity index (χ0v) is 16.3. The Bertz CT molecular complexity index is 764. The fourth-order valence-corrected chi connectivity index (χ4v) is 3.60. The molecule has 3 rings (SSSR count). The van der Waals surface area contributed by atoms with Crippen LogP contribution in [-0.2, 0) is 11.3 Å². The predicted octanol–water partition coefficient (Wildman–Crippen LogP) is 2.74. The Labute approximate surface area is 157 Å². The summed E-state index contributed by atoms with van der Waals surface area (Å²) in [4.78, 5) is 20.5. The summed E-state index contributed by atoms with van der Waals surface area (Å²) in [6, 6.07) is 7.69. The van der Waals surface area contributed by atoms with Crippen molar-refractivity contribution in [2.24, 2.45) is 0 Å². The molecule has 0 N–H and O–H groups in total. The van der Waals surface area contributed by atoms with Crippen LogP contribution < -0.4 is 9.64 Å². The van der Waals surface area contributed by atoms with E-state index in [2.05, 4.69) is 28.9 Å². The monoisotopic (exact) mass is 376 g/mol. The summed E-state index contributed by atoms with van der Waals surface area (Å²) in [7, 11) is 3.46. The minimum atomic E-state index is -0.558. The molecule has 140 valence electrons. The van der Waals surface area contributed by atoms with Crippen molar-refractivity contribution >= 4 is 23.4 Å². The number of carbonyl (C=O) groups excluding carboxylic acids is 1. The number of likely N-dealkylation sites (N-methyl/N-ethyl adjacent to an activating group) is 1. The second-order valence-electron chi connectivity index (χ2n) is 6.33. The van der Waals surface area contributed by atoms with E-state index in [1.165, 1.54) is 0 Å². The SMILES string of the molecule is CCS[C@H](C)c1noc(CN2C[C@H](C(=O)N(C)C)Oc3ccccc32)n1. The first-order chi connectivity index (χ1) is 12.5. The molecule has 0 saturated carbocycles. The summed E-state index contributed by atoms with van der Waals surface area (Å²) in [5.74, 6) is 2.86. The highest BCUT2D eigenvalue weighted by molar-refractivity contribution is 7.99. The van der Waals surface area contributed by atoms with Gasteiger partial charge in [-0.05, 0) is 24.8 Å². The number of nitrogens with zero attached hydrogens (tertiary/aromatic N) is 4. The summed E-state index contributed by atoms with van der Waals surface area (Å²) < 4.78 is 11.3. The van der Waals surface area contributed by atoms with Crippen molar-refractivity contribution in [1.29, 1.82) is 0 Å². The van der Waals surface area contributed by atoms with Crippen molar-refractivity contribution < 1.29 is 14.1 Å². The van der Waals surface area contributed by atoms with Gasteiger partial charge in [-0.15, -0.1) is 0 Å². The first-order valence-corrected chi connectivity index (χ1v) is 9.70. The molecule has 2 aromatic rings. The second-order valence-corrected chi connectivity index (χ2v) is 7.95. The molecule has 1 aromatic heterocycles. The van der Waals surface area contributed by atoms with Crippen LogP contribution in [0, 0.1) is 0 Å². The molecule has 0 unspecified atom stereocenters. The minimum absolute atomic E-state index is 0.0660. The molecule has 1 amide bonds. The van der Waals surface area contributed by atoms with E-state index >= 15 is 0 Å². The Morgan fingerprint density at radius 3 is 2.92 bits per heavy atom. The summed E-state index contributed by atoms with van der Waals surface area (Å²) >= 11 is 1.77. The molecular weight excluding hydrogens is 352 g/mol. The third-order valence-corrected chi connectivity index (χ3v) is 5.21. The number of benzene rings is 1. The molecule has 2 atom stereocenters. The Kier molecular flexibility index (Phi) is 5.70. The summed E-state index contributed by atoms with van der Waals surface area (Å²) in [5, 5.41) is 4.29. The first kappa shape index (κ1) is 18.6. The maximum atomic E-state index is 12.4. The summed E-state index contributed by atoms with van der Waals surface area (Å²) in [5.41, 5.74) is 0.922. The molecule has 0 bridgehead atoms. The molecule has 0 radical (unpaired) electrons. The van der Waals surface area contributed by atoms with Gasteiger partial charge in [0.1, 0.15) is 5.75 Å². The van der Waals surface area contributed by atoms with Crippen LogP contribution >= 0.6 is 11.8 Å². The van der Waals surface area contributed by atoms with E-state index in [1.54, 1.807) is 30.8 Å². The zero-order chi connectivity index (χ0) is 18.7. The molecule has 0 fully saturated rings.